The fourth-order valence-corrected chi connectivity index (χ4v) is 2.96. The van der Waals surface area contributed by atoms with Crippen LogP contribution in [0, 0.1) is 5.92 Å². The molecule has 0 saturated heterocycles. The van der Waals surface area contributed by atoms with Gasteiger partial charge in [-0.15, -0.1) is 0 Å². The van der Waals surface area contributed by atoms with Crippen LogP contribution in [0.15, 0.2) is 29.4 Å². The average molecular weight is 484 g/mol. The van der Waals surface area contributed by atoms with Crippen LogP contribution in [0.5, 0.6) is 5.75 Å². The van der Waals surface area contributed by atoms with Gasteiger partial charge in [-0.25, -0.2) is 0 Å². The summed E-state index contributed by atoms with van der Waals surface area (Å²) in [6.07, 6.45) is 3.33. The number of hydrogen-bond donors (Lipinski definition) is 2. The van der Waals surface area contributed by atoms with Crippen molar-refractivity contribution < 1.29 is 23.7 Å². The van der Waals surface area contributed by atoms with Crippen molar-refractivity contribution in [2.45, 2.75) is 32.9 Å². The molecule has 0 saturated carbocycles. The quantitative estimate of drug-likeness (QED) is 0.0950. The Labute approximate surface area is 200 Å². The highest BCUT2D eigenvalue weighted by Crippen LogP contribution is 2.14. The van der Waals surface area contributed by atoms with E-state index in [9.17, 15) is 4.79 Å². The summed E-state index contributed by atoms with van der Waals surface area (Å²) in [5.74, 6) is 0.987. The number of benzene rings is 1. The average Bonchev–Trinajstić information content (AvgIpc) is 2.81. The van der Waals surface area contributed by atoms with E-state index in [-0.39, 0.29) is 19.1 Å². The number of amides is 1. The second kappa shape index (κ2) is 19.5. The van der Waals surface area contributed by atoms with Crippen molar-refractivity contribution in [3.8, 4) is 5.75 Å². The van der Waals surface area contributed by atoms with E-state index in [0.29, 0.717) is 50.1 Å². The molecule has 1 atom stereocenters. The Balaban J connectivity index is 2.26. The van der Waals surface area contributed by atoms with Gasteiger partial charge in [-0.1, -0.05) is 37.0 Å². The lowest BCUT2D eigenvalue weighted by atomic mass is 10.1. The molecular weight excluding hydrogens is 446 g/mol. The van der Waals surface area contributed by atoms with Crippen LogP contribution in [0.3, 0.4) is 0 Å². The van der Waals surface area contributed by atoms with Crippen molar-refractivity contribution in [3.63, 3.8) is 0 Å². The van der Waals surface area contributed by atoms with Crippen LogP contribution in [-0.2, 0) is 14.2 Å². The van der Waals surface area contributed by atoms with Gasteiger partial charge in [0.2, 0.25) is 0 Å². The van der Waals surface area contributed by atoms with E-state index in [1.54, 1.807) is 24.3 Å². The molecule has 0 aliphatic rings. The third kappa shape index (κ3) is 15.5. The monoisotopic (exact) mass is 483 g/mol. The fraction of sp³-hybridized carbons (Fsp3) is 0.682. The molecule has 1 unspecified atom stereocenters. The lowest BCUT2D eigenvalue weighted by Gasteiger charge is -2.15. The second-order valence-electron chi connectivity index (χ2n) is 7.48. The molecule has 0 fully saturated rings. The molecule has 1 rings (SSSR count). The number of nitrogens with zero attached hydrogens (tertiary/aromatic N) is 3. The summed E-state index contributed by atoms with van der Waals surface area (Å²) in [7, 11) is 0. The molecule has 0 radical (unpaired) electrons. The van der Waals surface area contributed by atoms with Crippen LogP contribution >= 0.6 is 11.9 Å². The zero-order valence-electron chi connectivity index (χ0n) is 19.8. The minimum Gasteiger partial charge on any atom is -0.491 e. The van der Waals surface area contributed by atoms with Gasteiger partial charge < -0.3 is 24.3 Å². The van der Waals surface area contributed by atoms with Gasteiger partial charge in [0.05, 0.1) is 26.4 Å². The zero-order valence-corrected chi connectivity index (χ0v) is 20.6. The van der Waals surface area contributed by atoms with Gasteiger partial charge in [0, 0.05) is 30.2 Å². The predicted octanol–water partition coefficient (Wildman–Crippen LogP) is 3.79. The first kappa shape index (κ1) is 29.0. The van der Waals surface area contributed by atoms with Crippen LogP contribution in [0.1, 0.15) is 37.0 Å². The molecule has 2 N–H and O–H groups in total. The van der Waals surface area contributed by atoms with E-state index < -0.39 is 6.23 Å². The lowest BCUT2D eigenvalue weighted by molar-refractivity contribution is -0.0225. The summed E-state index contributed by atoms with van der Waals surface area (Å²) in [6, 6.07) is 6.79. The molecule has 0 aliphatic carbocycles. The van der Waals surface area contributed by atoms with E-state index in [1.165, 1.54) is 11.9 Å². The zero-order chi connectivity index (χ0) is 24.2. The lowest BCUT2D eigenvalue weighted by Crippen LogP contribution is -2.29. The summed E-state index contributed by atoms with van der Waals surface area (Å²) in [5.41, 5.74) is 9.25. The van der Waals surface area contributed by atoms with Crippen molar-refractivity contribution in [2.75, 3.05) is 59.0 Å². The summed E-state index contributed by atoms with van der Waals surface area (Å²) < 4.78 is 25.2. The van der Waals surface area contributed by atoms with E-state index >= 15 is 0 Å². The molecule has 10 nitrogen and oxygen atoms in total. The van der Waals surface area contributed by atoms with E-state index in [4.69, 9.17) is 24.5 Å². The largest absolute Gasteiger partial charge is 0.491 e. The maximum absolute atomic E-state index is 12.2. The maximum Gasteiger partial charge on any atom is 0.251 e. The molecule has 0 aromatic heterocycles. The Hall–Kier alpha value is -2.01. The van der Waals surface area contributed by atoms with Crippen molar-refractivity contribution >= 4 is 17.9 Å². The van der Waals surface area contributed by atoms with E-state index in [0.717, 1.165) is 19.4 Å². The number of carbonyl (C=O) groups is 1. The van der Waals surface area contributed by atoms with Crippen molar-refractivity contribution in [3.05, 3.63) is 40.3 Å². The van der Waals surface area contributed by atoms with Gasteiger partial charge in [-0.2, -0.15) is 0 Å². The van der Waals surface area contributed by atoms with Crippen molar-refractivity contribution in [1.29, 1.82) is 0 Å². The Bertz CT molecular complexity index is 704. The highest BCUT2D eigenvalue weighted by Gasteiger charge is 2.10. The van der Waals surface area contributed by atoms with Crippen molar-refractivity contribution in [1.82, 2.24) is 10.0 Å². The van der Waals surface area contributed by atoms with Gasteiger partial charge in [0.25, 0.3) is 5.91 Å². The first-order chi connectivity index (χ1) is 16.1. The molecule has 1 aromatic rings. The highest BCUT2D eigenvalue weighted by molar-refractivity contribution is 7.96. The van der Waals surface area contributed by atoms with E-state index in [1.807, 2.05) is 6.26 Å². The SMILES string of the molecule is CSNCCNC(=O)c1cccc(OCC(N=[N+]=[N-])OCCOCCOCCCC(C)C)c1. The van der Waals surface area contributed by atoms with Crippen LogP contribution in [-0.4, -0.2) is 71.1 Å². The summed E-state index contributed by atoms with van der Waals surface area (Å²) in [4.78, 5) is 15.0. The first-order valence-electron chi connectivity index (χ1n) is 11.1. The smallest absolute Gasteiger partial charge is 0.251 e. The molecule has 0 bridgehead atoms. The minimum absolute atomic E-state index is 0.0196. The van der Waals surface area contributed by atoms with Gasteiger partial charge in [0.15, 0.2) is 6.23 Å². The fourth-order valence-electron chi connectivity index (χ4n) is 2.66. The van der Waals surface area contributed by atoms with Gasteiger partial charge in [0.1, 0.15) is 12.4 Å². The summed E-state index contributed by atoms with van der Waals surface area (Å²) in [6.45, 7) is 7.98. The third-order valence-corrected chi connectivity index (χ3v) is 4.80. The van der Waals surface area contributed by atoms with Gasteiger partial charge in [-0.3, -0.25) is 9.52 Å². The third-order valence-electron chi connectivity index (χ3n) is 4.31. The van der Waals surface area contributed by atoms with Gasteiger partial charge >= 0.3 is 0 Å². The summed E-state index contributed by atoms with van der Waals surface area (Å²) >= 11 is 1.50. The predicted molar refractivity (Wildman–Crippen MR) is 130 cm³/mol. The van der Waals surface area contributed by atoms with Crippen LogP contribution in [0.25, 0.3) is 10.4 Å². The number of nitrogens with one attached hydrogen (secondary N) is 2. The molecule has 0 spiro atoms. The van der Waals surface area contributed by atoms with E-state index in [2.05, 4.69) is 33.9 Å². The maximum atomic E-state index is 12.2. The molecule has 0 aliphatic heterocycles. The number of ether oxygens (including phenoxy) is 4. The standard InChI is InChI=1S/C22H37N5O5S/c1-18(2)6-5-11-29-12-13-30-14-15-31-21(26-27-23)17-32-20-8-4-7-19(16-20)22(28)24-9-10-25-33-3/h4,7-8,16,18,21,25H,5-6,9-15,17H2,1-3H3,(H,24,28). The summed E-state index contributed by atoms with van der Waals surface area (Å²) in [5, 5.41) is 6.43. The first-order valence-corrected chi connectivity index (χ1v) is 12.4. The minimum atomic E-state index is -0.805. The molecule has 0 heterocycles. The Morgan fingerprint density at radius 2 is 1.91 bits per heavy atom. The number of carbonyl (C=O) groups excluding carboxylic acids is 1. The van der Waals surface area contributed by atoms with Crippen LogP contribution in [0.2, 0.25) is 0 Å². The number of hydrogen-bond acceptors (Lipinski definition) is 8. The molecule has 33 heavy (non-hydrogen) atoms. The second-order valence-corrected chi connectivity index (χ2v) is 8.18. The molecular formula is C22H37N5O5S. The van der Waals surface area contributed by atoms with Crippen molar-refractivity contribution in [2.24, 2.45) is 11.0 Å². The van der Waals surface area contributed by atoms with Crippen LogP contribution < -0.4 is 14.8 Å². The highest BCUT2D eigenvalue weighted by atomic mass is 32.2. The number of rotatable bonds is 20. The van der Waals surface area contributed by atoms with Crippen LogP contribution in [0.4, 0.5) is 0 Å². The normalized spacial score (nSPS) is 11.8. The molecule has 186 valence electrons. The molecule has 1 aromatic carbocycles. The topological polar surface area (TPSA) is 127 Å². The number of azide groups is 1. The Kier molecular flexibility index (Phi) is 17.1. The Morgan fingerprint density at radius 1 is 1.15 bits per heavy atom. The molecule has 11 heteroatoms. The van der Waals surface area contributed by atoms with Gasteiger partial charge in [-0.05, 0) is 48.7 Å². The Morgan fingerprint density at radius 3 is 2.64 bits per heavy atom. The molecule has 1 amide bonds.